The van der Waals surface area contributed by atoms with Gasteiger partial charge in [0.05, 0.1) is 0 Å². The summed E-state index contributed by atoms with van der Waals surface area (Å²) in [5.41, 5.74) is 1.09. The van der Waals surface area contributed by atoms with Gasteiger partial charge in [-0.25, -0.2) is 0 Å². The molecule has 1 fully saturated rings. The highest BCUT2D eigenvalue weighted by Crippen LogP contribution is 2.33. The van der Waals surface area contributed by atoms with E-state index in [0.29, 0.717) is 24.8 Å². The minimum atomic E-state index is 0.251. The molecule has 24 heavy (non-hydrogen) atoms. The topological polar surface area (TPSA) is 50.8 Å². The molecule has 1 aromatic rings. The van der Waals surface area contributed by atoms with Crippen LogP contribution < -0.4 is 14.8 Å². The van der Waals surface area contributed by atoms with Crippen LogP contribution in [0.25, 0.3) is 0 Å². The van der Waals surface area contributed by atoms with Crippen molar-refractivity contribution >= 4 is 5.91 Å². The smallest absolute Gasteiger partial charge is 0.231 e. The fraction of sp³-hybridized carbons (Fsp3) is 0.632. The lowest BCUT2D eigenvalue weighted by Gasteiger charge is -2.30. The van der Waals surface area contributed by atoms with Gasteiger partial charge < -0.3 is 19.7 Å². The summed E-state index contributed by atoms with van der Waals surface area (Å²) in [4.78, 5) is 14.7. The van der Waals surface area contributed by atoms with Gasteiger partial charge in [0.1, 0.15) is 0 Å². The Labute approximate surface area is 144 Å². The lowest BCUT2D eigenvalue weighted by molar-refractivity contribution is -0.133. The van der Waals surface area contributed by atoms with Crippen molar-refractivity contribution in [2.24, 2.45) is 11.8 Å². The monoisotopic (exact) mass is 332 g/mol. The number of carbonyl (C=O) groups is 1. The second-order valence-electron chi connectivity index (χ2n) is 6.86. The summed E-state index contributed by atoms with van der Waals surface area (Å²) in [7, 11) is 0. The van der Waals surface area contributed by atoms with Crippen molar-refractivity contribution in [3.63, 3.8) is 0 Å². The SMILES string of the molecule is CCN(Cc1ccc2c(c1)OCO2)C(=O)CC(C)C1CCNCC1. The summed E-state index contributed by atoms with van der Waals surface area (Å²) in [5, 5.41) is 3.39. The molecule has 0 spiro atoms. The average Bonchev–Trinajstić information content (AvgIpc) is 3.08. The van der Waals surface area contributed by atoms with Crippen molar-refractivity contribution < 1.29 is 14.3 Å². The Morgan fingerprint density at radius 1 is 1.29 bits per heavy atom. The summed E-state index contributed by atoms with van der Waals surface area (Å²) in [6, 6.07) is 5.92. The van der Waals surface area contributed by atoms with Gasteiger partial charge in [-0.3, -0.25) is 4.79 Å². The van der Waals surface area contributed by atoms with Crippen LogP contribution in [0.3, 0.4) is 0 Å². The third kappa shape index (κ3) is 4.01. The fourth-order valence-electron chi connectivity index (χ4n) is 3.62. The van der Waals surface area contributed by atoms with Crippen LogP contribution in [0.4, 0.5) is 0 Å². The molecule has 5 nitrogen and oxygen atoms in total. The van der Waals surface area contributed by atoms with Crippen LogP contribution in [0, 0.1) is 11.8 Å². The van der Waals surface area contributed by atoms with E-state index in [-0.39, 0.29) is 12.7 Å². The van der Waals surface area contributed by atoms with Crippen LogP contribution in [-0.4, -0.2) is 37.2 Å². The molecule has 2 aliphatic rings. The van der Waals surface area contributed by atoms with Crippen molar-refractivity contribution in [1.29, 1.82) is 0 Å². The van der Waals surface area contributed by atoms with E-state index in [4.69, 9.17) is 9.47 Å². The van der Waals surface area contributed by atoms with E-state index in [2.05, 4.69) is 12.2 Å². The molecule has 132 valence electrons. The van der Waals surface area contributed by atoms with E-state index in [9.17, 15) is 4.79 Å². The zero-order valence-corrected chi connectivity index (χ0v) is 14.7. The molecule has 2 heterocycles. The third-order valence-electron chi connectivity index (χ3n) is 5.23. The van der Waals surface area contributed by atoms with Gasteiger partial charge in [-0.05, 0) is 62.4 Å². The Hall–Kier alpha value is -1.75. The van der Waals surface area contributed by atoms with Crippen molar-refractivity contribution in [3.05, 3.63) is 23.8 Å². The molecule has 1 aromatic carbocycles. The molecule has 1 N–H and O–H groups in total. The number of rotatable bonds is 6. The number of hydrogen-bond acceptors (Lipinski definition) is 4. The summed E-state index contributed by atoms with van der Waals surface area (Å²) in [5.74, 6) is 2.93. The first-order valence-electron chi connectivity index (χ1n) is 9.04. The highest BCUT2D eigenvalue weighted by molar-refractivity contribution is 5.76. The predicted octanol–water partition coefficient (Wildman–Crippen LogP) is 2.79. The van der Waals surface area contributed by atoms with Gasteiger partial charge in [0.15, 0.2) is 11.5 Å². The number of nitrogens with zero attached hydrogens (tertiary/aromatic N) is 1. The van der Waals surface area contributed by atoms with Crippen LogP contribution in [-0.2, 0) is 11.3 Å². The molecule has 0 saturated carbocycles. The van der Waals surface area contributed by atoms with Gasteiger partial charge >= 0.3 is 0 Å². The second-order valence-corrected chi connectivity index (χ2v) is 6.86. The Balaban J connectivity index is 1.57. The molecule has 0 aromatic heterocycles. The van der Waals surface area contributed by atoms with E-state index in [1.807, 2.05) is 30.0 Å². The van der Waals surface area contributed by atoms with Gasteiger partial charge in [0.2, 0.25) is 12.7 Å². The number of carbonyl (C=O) groups excluding carboxylic acids is 1. The molecule has 5 heteroatoms. The molecular weight excluding hydrogens is 304 g/mol. The predicted molar refractivity (Wildman–Crippen MR) is 93.0 cm³/mol. The maximum Gasteiger partial charge on any atom is 0.231 e. The highest BCUT2D eigenvalue weighted by Gasteiger charge is 2.24. The van der Waals surface area contributed by atoms with Gasteiger partial charge in [0.25, 0.3) is 0 Å². The summed E-state index contributed by atoms with van der Waals surface area (Å²) in [6.07, 6.45) is 3.01. The van der Waals surface area contributed by atoms with Crippen molar-refractivity contribution in [2.75, 3.05) is 26.4 Å². The Kier molecular flexibility index (Phi) is 5.61. The maximum absolute atomic E-state index is 12.7. The summed E-state index contributed by atoms with van der Waals surface area (Å²) in [6.45, 7) is 8.07. The first-order valence-corrected chi connectivity index (χ1v) is 9.04. The molecule has 3 rings (SSSR count). The van der Waals surface area contributed by atoms with E-state index < -0.39 is 0 Å². The number of piperidine rings is 1. The lowest BCUT2D eigenvalue weighted by atomic mass is 9.84. The molecule has 1 atom stereocenters. The highest BCUT2D eigenvalue weighted by atomic mass is 16.7. The Morgan fingerprint density at radius 3 is 2.79 bits per heavy atom. The fourth-order valence-corrected chi connectivity index (χ4v) is 3.62. The van der Waals surface area contributed by atoms with E-state index in [1.54, 1.807) is 0 Å². The second kappa shape index (κ2) is 7.88. The molecule has 1 unspecified atom stereocenters. The van der Waals surface area contributed by atoms with Crippen LogP contribution in [0.1, 0.15) is 38.7 Å². The zero-order chi connectivity index (χ0) is 16.9. The average molecular weight is 332 g/mol. The van der Waals surface area contributed by atoms with Crippen LogP contribution in [0.5, 0.6) is 11.5 Å². The van der Waals surface area contributed by atoms with Crippen LogP contribution >= 0.6 is 0 Å². The minimum absolute atomic E-state index is 0.251. The van der Waals surface area contributed by atoms with E-state index in [0.717, 1.165) is 36.7 Å². The third-order valence-corrected chi connectivity index (χ3v) is 5.23. The summed E-state index contributed by atoms with van der Waals surface area (Å²) >= 11 is 0. The molecule has 0 bridgehead atoms. The van der Waals surface area contributed by atoms with Gasteiger partial charge in [0, 0.05) is 19.5 Å². The van der Waals surface area contributed by atoms with E-state index >= 15 is 0 Å². The molecular formula is C19H28N2O3. The van der Waals surface area contributed by atoms with Crippen molar-refractivity contribution in [3.8, 4) is 11.5 Å². The van der Waals surface area contributed by atoms with Gasteiger partial charge in [-0.1, -0.05) is 13.0 Å². The largest absolute Gasteiger partial charge is 0.454 e. The number of amides is 1. The quantitative estimate of drug-likeness (QED) is 0.870. The number of fused-ring (bicyclic) bond motifs is 1. The number of ether oxygens (including phenoxy) is 2. The zero-order valence-electron chi connectivity index (χ0n) is 14.7. The molecule has 1 amide bonds. The molecule has 1 saturated heterocycles. The lowest BCUT2D eigenvalue weighted by Crippen LogP contribution is -2.35. The molecule has 0 aliphatic carbocycles. The first kappa shape index (κ1) is 17.1. The van der Waals surface area contributed by atoms with Gasteiger partial charge in [-0.15, -0.1) is 0 Å². The number of benzene rings is 1. The van der Waals surface area contributed by atoms with Crippen molar-refractivity contribution in [2.45, 2.75) is 39.7 Å². The molecule has 0 radical (unpaired) electrons. The Morgan fingerprint density at radius 2 is 2.04 bits per heavy atom. The maximum atomic E-state index is 12.7. The molecule has 2 aliphatic heterocycles. The summed E-state index contributed by atoms with van der Waals surface area (Å²) < 4.78 is 10.8. The normalized spacial score (nSPS) is 18.4. The minimum Gasteiger partial charge on any atom is -0.454 e. The van der Waals surface area contributed by atoms with Gasteiger partial charge in [-0.2, -0.15) is 0 Å². The first-order chi connectivity index (χ1) is 11.7. The van der Waals surface area contributed by atoms with Crippen LogP contribution in [0.2, 0.25) is 0 Å². The number of hydrogen-bond donors (Lipinski definition) is 1. The standard InChI is InChI=1S/C19H28N2O3/c1-3-21(12-15-4-5-17-18(11-15)24-13-23-17)19(22)10-14(2)16-6-8-20-9-7-16/h4-5,11,14,16,20H,3,6-10,12-13H2,1-2H3. The van der Waals surface area contributed by atoms with Crippen molar-refractivity contribution in [1.82, 2.24) is 10.2 Å². The van der Waals surface area contributed by atoms with Crippen LogP contribution in [0.15, 0.2) is 18.2 Å². The number of nitrogens with one attached hydrogen (secondary N) is 1. The van der Waals surface area contributed by atoms with E-state index in [1.165, 1.54) is 12.8 Å². The Bertz CT molecular complexity index is 570.